The fourth-order valence-electron chi connectivity index (χ4n) is 1.47. The van der Waals surface area contributed by atoms with Crippen LogP contribution in [0, 0.1) is 0 Å². The standard InChI is InChI=1S/C11H12Cl2N4O/c12-8-1-2-10(13)11(3-8)15-4-9(18)5-17-7-14-6-16-17/h1-3,6-7,9,15,18H,4-5H2. The van der Waals surface area contributed by atoms with Gasteiger partial charge < -0.3 is 10.4 Å². The van der Waals surface area contributed by atoms with Gasteiger partial charge in [0.1, 0.15) is 12.7 Å². The lowest BCUT2D eigenvalue weighted by atomic mass is 10.3. The maximum absolute atomic E-state index is 9.82. The second-order valence-electron chi connectivity index (χ2n) is 3.78. The lowest BCUT2D eigenvalue weighted by Gasteiger charge is -2.13. The molecule has 1 aromatic heterocycles. The number of nitrogens with one attached hydrogen (secondary N) is 1. The van der Waals surface area contributed by atoms with Gasteiger partial charge in [-0.25, -0.2) is 4.98 Å². The van der Waals surface area contributed by atoms with E-state index in [-0.39, 0.29) is 0 Å². The average molecular weight is 287 g/mol. The molecule has 0 aliphatic rings. The molecular weight excluding hydrogens is 275 g/mol. The highest BCUT2D eigenvalue weighted by Crippen LogP contribution is 2.25. The topological polar surface area (TPSA) is 63.0 Å². The van der Waals surface area contributed by atoms with Crippen LogP contribution < -0.4 is 5.32 Å². The fourth-order valence-corrected chi connectivity index (χ4v) is 1.82. The Balaban J connectivity index is 1.89. The van der Waals surface area contributed by atoms with Crippen LogP contribution in [0.4, 0.5) is 5.69 Å². The van der Waals surface area contributed by atoms with E-state index in [2.05, 4.69) is 15.4 Å². The van der Waals surface area contributed by atoms with Gasteiger partial charge in [0, 0.05) is 11.6 Å². The first-order chi connectivity index (χ1) is 8.65. The average Bonchev–Trinajstić information content (AvgIpc) is 2.83. The molecule has 0 radical (unpaired) electrons. The predicted octanol–water partition coefficient (Wildman–Crippen LogP) is 2.06. The van der Waals surface area contributed by atoms with E-state index < -0.39 is 6.10 Å². The first-order valence-electron chi connectivity index (χ1n) is 5.34. The lowest BCUT2D eigenvalue weighted by Crippen LogP contribution is -2.25. The van der Waals surface area contributed by atoms with Crippen molar-refractivity contribution in [1.82, 2.24) is 14.8 Å². The number of benzene rings is 1. The van der Waals surface area contributed by atoms with E-state index in [1.807, 2.05) is 0 Å². The number of nitrogens with zero attached hydrogens (tertiary/aromatic N) is 3. The minimum atomic E-state index is -0.596. The maximum atomic E-state index is 9.82. The highest BCUT2D eigenvalue weighted by atomic mass is 35.5. The lowest BCUT2D eigenvalue weighted by molar-refractivity contribution is 0.161. The van der Waals surface area contributed by atoms with Crippen LogP contribution in [0.25, 0.3) is 0 Å². The summed E-state index contributed by atoms with van der Waals surface area (Å²) in [4.78, 5) is 3.80. The molecule has 0 aliphatic carbocycles. The summed E-state index contributed by atoms with van der Waals surface area (Å²) in [5.74, 6) is 0. The Bertz CT molecular complexity index is 504. The molecule has 1 heterocycles. The van der Waals surface area contributed by atoms with Gasteiger partial charge in [-0.2, -0.15) is 5.10 Å². The Labute approximate surface area is 114 Å². The molecule has 0 spiro atoms. The zero-order valence-electron chi connectivity index (χ0n) is 9.42. The van der Waals surface area contributed by atoms with Crippen molar-refractivity contribution in [2.24, 2.45) is 0 Å². The number of rotatable bonds is 5. The van der Waals surface area contributed by atoms with E-state index in [0.717, 1.165) is 0 Å². The first kappa shape index (κ1) is 13.1. The van der Waals surface area contributed by atoms with E-state index in [1.165, 1.54) is 6.33 Å². The largest absolute Gasteiger partial charge is 0.389 e. The van der Waals surface area contributed by atoms with Crippen LogP contribution in [0.5, 0.6) is 0 Å². The number of aromatic nitrogens is 3. The summed E-state index contributed by atoms with van der Waals surface area (Å²) in [5.41, 5.74) is 0.696. The molecule has 0 bridgehead atoms. The van der Waals surface area contributed by atoms with Crippen molar-refractivity contribution in [3.05, 3.63) is 40.9 Å². The molecule has 0 fully saturated rings. The van der Waals surface area contributed by atoms with E-state index in [1.54, 1.807) is 29.2 Å². The Kier molecular flexibility index (Phi) is 4.41. The number of hydrogen-bond donors (Lipinski definition) is 2. The highest BCUT2D eigenvalue weighted by molar-refractivity contribution is 6.35. The zero-order chi connectivity index (χ0) is 13.0. The van der Waals surface area contributed by atoms with Crippen molar-refractivity contribution in [3.63, 3.8) is 0 Å². The quantitative estimate of drug-likeness (QED) is 0.883. The number of hydrogen-bond acceptors (Lipinski definition) is 4. The third-order valence-corrected chi connectivity index (χ3v) is 2.89. The van der Waals surface area contributed by atoms with Gasteiger partial charge in [0.15, 0.2) is 0 Å². The summed E-state index contributed by atoms with van der Waals surface area (Å²) in [6.45, 7) is 0.713. The molecule has 0 amide bonds. The second kappa shape index (κ2) is 6.04. The van der Waals surface area contributed by atoms with Gasteiger partial charge in [0.25, 0.3) is 0 Å². The summed E-state index contributed by atoms with van der Waals surface area (Å²) in [6.07, 6.45) is 2.38. The number of halogens is 2. The molecule has 1 unspecified atom stereocenters. The molecule has 1 atom stereocenters. The third kappa shape index (κ3) is 3.60. The molecule has 2 rings (SSSR count). The number of aliphatic hydroxyl groups excluding tert-OH is 1. The van der Waals surface area contributed by atoms with E-state index in [0.29, 0.717) is 28.8 Å². The molecule has 0 saturated carbocycles. The minimum absolute atomic E-state index is 0.347. The Hall–Kier alpha value is -1.30. The van der Waals surface area contributed by atoms with Gasteiger partial charge in [0.05, 0.1) is 23.4 Å². The molecule has 96 valence electrons. The summed E-state index contributed by atoms with van der Waals surface area (Å²) >= 11 is 11.9. The van der Waals surface area contributed by atoms with Crippen molar-refractivity contribution >= 4 is 28.9 Å². The Morgan fingerprint density at radius 2 is 2.22 bits per heavy atom. The van der Waals surface area contributed by atoms with Crippen LogP contribution in [0.1, 0.15) is 0 Å². The molecule has 2 N–H and O–H groups in total. The summed E-state index contributed by atoms with van der Waals surface area (Å²) in [7, 11) is 0. The van der Waals surface area contributed by atoms with Gasteiger partial charge >= 0.3 is 0 Å². The van der Waals surface area contributed by atoms with Gasteiger partial charge in [-0.05, 0) is 18.2 Å². The van der Waals surface area contributed by atoms with E-state index in [9.17, 15) is 5.11 Å². The second-order valence-corrected chi connectivity index (χ2v) is 4.62. The maximum Gasteiger partial charge on any atom is 0.137 e. The van der Waals surface area contributed by atoms with Crippen molar-refractivity contribution in [2.45, 2.75) is 12.6 Å². The van der Waals surface area contributed by atoms with E-state index in [4.69, 9.17) is 23.2 Å². The third-order valence-electron chi connectivity index (χ3n) is 2.32. The van der Waals surface area contributed by atoms with Gasteiger partial charge in [0.2, 0.25) is 0 Å². The minimum Gasteiger partial charge on any atom is -0.389 e. The molecule has 5 nitrogen and oxygen atoms in total. The molecule has 18 heavy (non-hydrogen) atoms. The SMILES string of the molecule is OC(CNc1cc(Cl)ccc1Cl)Cn1cncn1. The van der Waals surface area contributed by atoms with Crippen LogP contribution in [-0.2, 0) is 6.54 Å². The summed E-state index contributed by atoms with van der Waals surface area (Å²) in [5, 5.41) is 17.9. The Morgan fingerprint density at radius 1 is 1.39 bits per heavy atom. The first-order valence-corrected chi connectivity index (χ1v) is 6.10. The predicted molar refractivity (Wildman–Crippen MR) is 71.0 cm³/mol. The fraction of sp³-hybridized carbons (Fsp3) is 0.273. The normalized spacial score (nSPS) is 12.4. The van der Waals surface area contributed by atoms with Crippen molar-refractivity contribution in [2.75, 3.05) is 11.9 Å². The van der Waals surface area contributed by atoms with Crippen molar-refractivity contribution in [1.29, 1.82) is 0 Å². The molecule has 0 saturated heterocycles. The zero-order valence-corrected chi connectivity index (χ0v) is 10.9. The van der Waals surface area contributed by atoms with Gasteiger partial charge in [-0.15, -0.1) is 0 Å². The number of aliphatic hydroxyl groups is 1. The van der Waals surface area contributed by atoms with Gasteiger partial charge in [-0.1, -0.05) is 23.2 Å². The molecule has 0 aliphatic heterocycles. The molecule has 1 aromatic carbocycles. The molecular formula is C11H12Cl2N4O. The van der Waals surface area contributed by atoms with Crippen molar-refractivity contribution in [3.8, 4) is 0 Å². The summed E-state index contributed by atoms with van der Waals surface area (Å²) < 4.78 is 1.56. The molecule has 7 heteroatoms. The summed E-state index contributed by atoms with van der Waals surface area (Å²) in [6, 6.07) is 5.13. The molecule has 2 aromatic rings. The van der Waals surface area contributed by atoms with Gasteiger partial charge in [-0.3, -0.25) is 4.68 Å². The van der Waals surface area contributed by atoms with Crippen molar-refractivity contribution < 1.29 is 5.11 Å². The van der Waals surface area contributed by atoms with Crippen LogP contribution in [0.3, 0.4) is 0 Å². The van der Waals surface area contributed by atoms with Crippen LogP contribution in [0.15, 0.2) is 30.9 Å². The van der Waals surface area contributed by atoms with E-state index >= 15 is 0 Å². The van der Waals surface area contributed by atoms with Crippen LogP contribution >= 0.6 is 23.2 Å². The highest BCUT2D eigenvalue weighted by Gasteiger charge is 2.07. The smallest absolute Gasteiger partial charge is 0.137 e. The monoisotopic (exact) mass is 286 g/mol. The Morgan fingerprint density at radius 3 is 2.94 bits per heavy atom. The number of anilines is 1. The van der Waals surface area contributed by atoms with Crippen LogP contribution in [-0.4, -0.2) is 32.5 Å². The van der Waals surface area contributed by atoms with Crippen LogP contribution in [0.2, 0.25) is 10.0 Å².